The Morgan fingerprint density at radius 3 is 2.93 bits per heavy atom. The van der Waals surface area contributed by atoms with Gasteiger partial charge in [0.25, 0.3) is 5.91 Å². The number of rotatable bonds is 3. The lowest BCUT2D eigenvalue weighted by molar-refractivity contribution is 0.0625. The van der Waals surface area contributed by atoms with E-state index in [0.29, 0.717) is 11.7 Å². The van der Waals surface area contributed by atoms with Crippen molar-refractivity contribution in [2.45, 2.75) is 13.0 Å². The fraction of sp³-hybridized carbons (Fsp3) is 0.556. The van der Waals surface area contributed by atoms with E-state index < -0.39 is 0 Å². The van der Waals surface area contributed by atoms with Gasteiger partial charge < -0.3 is 15.2 Å². The molecule has 0 radical (unpaired) electrons. The fourth-order valence-corrected chi connectivity index (χ4v) is 1.59. The van der Waals surface area contributed by atoms with Crippen LogP contribution in [0.3, 0.4) is 0 Å². The minimum atomic E-state index is 0.0384. The highest BCUT2D eigenvalue weighted by atomic mass is 16.2. The Balaban J connectivity index is 2.08. The van der Waals surface area contributed by atoms with Gasteiger partial charge in [-0.05, 0) is 6.92 Å². The van der Waals surface area contributed by atoms with Crippen molar-refractivity contribution < 1.29 is 4.79 Å². The number of nitrogens with one attached hydrogen (secondary N) is 2. The molecule has 5 heteroatoms. The van der Waals surface area contributed by atoms with Crippen molar-refractivity contribution in [1.29, 1.82) is 0 Å². The number of nitrogens with zero attached hydrogens (tertiary/aromatic N) is 2. The van der Waals surface area contributed by atoms with E-state index in [1.807, 2.05) is 11.8 Å². The molecule has 1 fully saturated rings. The maximum absolute atomic E-state index is 11.9. The Morgan fingerprint density at radius 1 is 1.71 bits per heavy atom. The SMILES string of the molecule is CCN(C(=O)c1cnc[nH]1)C1CNC1. The third kappa shape index (κ3) is 1.50. The van der Waals surface area contributed by atoms with E-state index in [4.69, 9.17) is 0 Å². The van der Waals surface area contributed by atoms with Crippen LogP contribution in [0.2, 0.25) is 0 Å². The van der Waals surface area contributed by atoms with E-state index in [-0.39, 0.29) is 5.91 Å². The molecule has 1 aliphatic heterocycles. The van der Waals surface area contributed by atoms with Crippen LogP contribution >= 0.6 is 0 Å². The molecule has 2 N–H and O–H groups in total. The number of aromatic amines is 1. The monoisotopic (exact) mass is 194 g/mol. The van der Waals surface area contributed by atoms with Crippen LogP contribution in [0.15, 0.2) is 12.5 Å². The molecule has 0 bridgehead atoms. The fourth-order valence-electron chi connectivity index (χ4n) is 1.59. The van der Waals surface area contributed by atoms with Crippen molar-refractivity contribution in [3.8, 4) is 0 Å². The summed E-state index contributed by atoms with van der Waals surface area (Å²) in [5, 5.41) is 3.16. The summed E-state index contributed by atoms with van der Waals surface area (Å²) < 4.78 is 0. The zero-order valence-electron chi connectivity index (χ0n) is 8.16. The number of amides is 1. The highest BCUT2D eigenvalue weighted by molar-refractivity contribution is 5.92. The van der Waals surface area contributed by atoms with E-state index in [2.05, 4.69) is 15.3 Å². The normalized spacial score (nSPS) is 16.4. The molecule has 1 aromatic rings. The number of likely N-dealkylation sites (N-methyl/N-ethyl adjacent to an activating group) is 1. The molecule has 0 aromatic carbocycles. The summed E-state index contributed by atoms with van der Waals surface area (Å²) in [6, 6.07) is 0.343. The van der Waals surface area contributed by atoms with Crippen LogP contribution in [0.25, 0.3) is 0 Å². The molecule has 1 amide bonds. The maximum Gasteiger partial charge on any atom is 0.272 e. The summed E-state index contributed by atoms with van der Waals surface area (Å²) in [7, 11) is 0. The lowest BCUT2D eigenvalue weighted by Crippen LogP contribution is -2.58. The second kappa shape index (κ2) is 3.79. The molecule has 0 aliphatic carbocycles. The Hall–Kier alpha value is -1.36. The average molecular weight is 194 g/mol. The van der Waals surface area contributed by atoms with Gasteiger partial charge in [0, 0.05) is 19.6 Å². The molecule has 76 valence electrons. The van der Waals surface area contributed by atoms with Crippen LogP contribution in [-0.2, 0) is 0 Å². The quantitative estimate of drug-likeness (QED) is 0.703. The van der Waals surface area contributed by atoms with Gasteiger partial charge in [0.05, 0.1) is 18.6 Å². The van der Waals surface area contributed by atoms with Crippen LogP contribution in [0, 0.1) is 0 Å². The largest absolute Gasteiger partial charge is 0.341 e. The van der Waals surface area contributed by atoms with Crippen LogP contribution in [0.4, 0.5) is 0 Å². The number of hydrogen-bond acceptors (Lipinski definition) is 3. The van der Waals surface area contributed by atoms with Crippen molar-refractivity contribution >= 4 is 5.91 Å². The molecule has 0 unspecified atom stereocenters. The van der Waals surface area contributed by atoms with E-state index >= 15 is 0 Å². The van der Waals surface area contributed by atoms with Gasteiger partial charge in [-0.15, -0.1) is 0 Å². The molecule has 1 aliphatic rings. The van der Waals surface area contributed by atoms with Gasteiger partial charge in [-0.2, -0.15) is 0 Å². The van der Waals surface area contributed by atoms with Gasteiger partial charge in [0.2, 0.25) is 0 Å². The topological polar surface area (TPSA) is 61.0 Å². The van der Waals surface area contributed by atoms with E-state index in [0.717, 1.165) is 19.6 Å². The van der Waals surface area contributed by atoms with Gasteiger partial charge in [-0.3, -0.25) is 4.79 Å². The van der Waals surface area contributed by atoms with E-state index in [1.54, 1.807) is 6.20 Å². The van der Waals surface area contributed by atoms with Gasteiger partial charge >= 0.3 is 0 Å². The molecule has 5 nitrogen and oxygen atoms in total. The second-order valence-corrected chi connectivity index (χ2v) is 3.37. The van der Waals surface area contributed by atoms with Crippen LogP contribution < -0.4 is 5.32 Å². The van der Waals surface area contributed by atoms with Crippen LogP contribution in [0.1, 0.15) is 17.4 Å². The Kier molecular flexibility index (Phi) is 2.49. The molecular formula is C9H14N4O. The molecule has 2 heterocycles. The molecule has 0 atom stereocenters. The third-order valence-electron chi connectivity index (χ3n) is 2.53. The Bertz CT molecular complexity index is 305. The second-order valence-electron chi connectivity index (χ2n) is 3.37. The number of hydrogen-bond donors (Lipinski definition) is 2. The minimum Gasteiger partial charge on any atom is -0.341 e. The van der Waals surface area contributed by atoms with Crippen molar-refractivity contribution in [2.75, 3.05) is 19.6 Å². The minimum absolute atomic E-state index is 0.0384. The Morgan fingerprint density at radius 2 is 2.50 bits per heavy atom. The van der Waals surface area contributed by atoms with Crippen molar-refractivity contribution in [1.82, 2.24) is 20.2 Å². The summed E-state index contributed by atoms with van der Waals surface area (Å²) in [6.45, 7) is 4.53. The lowest BCUT2D eigenvalue weighted by Gasteiger charge is -2.37. The van der Waals surface area contributed by atoms with Crippen molar-refractivity contribution in [3.63, 3.8) is 0 Å². The summed E-state index contributed by atoms with van der Waals surface area (Å²) in [4.78, 5) is 20.4. The van der Waals surface area contributed by atoms with Gasteiger partial charge in [0.1, 0.15) is 5.69 Å². The summed E-state index contributed by atoms with van der Waals surface area (Å²) >= 11 is 0. The predicted molar refractivity (Wildman–Crippen MR) is 52.0 cm³/mol. The standard InChI is InChI=1S/C9H14N4O/c1-2-13(7-3-10-4-7)9(14)8-5-11-6-12-8/h5-7,10H,2-4H2,1H3,(H,11,12). The van der Waals surface area contributed by atoms with Crippen molar-refractivity contribution in [3.05, 3.63) is 18.2 Å². The zero-order valence-corrected chi connectivity index (χ0v) is 8.16. The zero-order chi connectivity index (χ0) is 9.97. The number of H-pyrrole nitrogens is 1. The molecule has 14 heavy (non-hydrogen) atoms. The summed E-state index contributed by atoms with van der Waals surface area (Å²) in [5.74, 6) is 0.0384. The average Bonchev–Trinajstić information content (AvgIpc) is 2.62. The Labute approximate surface area is 82.5 Å². The first-order chi connectivity index (χ1) is 6.83. The molecule has 1 saturated heterocycles. The molecule has 2 rings (SSSR count). The number of carbonyl (C=O) groups excluding carboxylic acids is 1. The molecule has 1 aromatic heterocycles. The molecular weight excluding hydrogens is 180 g/mol. The van der Waals surface area contributed by atoms with Crippen molar-refractivity contribution in [2.24, 2.45) is 0 Å². The first-order valence-corrected chi connectivity index (χ1v) is 4.83. The van der Waals surface area contributed by atoms with Crippen LogP contribution in [0.5, 0.6) is 0 Å². The number of carbonyl (C=O) groups is 1. The predicted octanol–water partition coefficient (Wildman–Crippen LogP) is -0.156. The van der Waals surface area contributed by atoms with Crippen LogP contribution in [-0.4, -0.2) is 46.5 Å². The lowest BCUT2D eigenvalue weighted by atomic mass is 10.1. The third-order valence-corrected chi connectivity index (χ3v) is 2.53. The summed E-state index contributed by atoms with van der Waals surface area (Å²) in [5.41, 5.74) is 0.568. The highest BCUT2D eigenvalue weighted by Crippen LogP contribution is 2.08. The molecule has 0 spiro atoms. The smallest absolute Gasteiger partial charge is 0.272 e. The first kappa shape index (κ1) is 9.21. The molecule has 0 saturated carbocycles. The van der Waals surface area contributed by atoms with E-state index in [9.17, 15) is 4.79 Å². The van der Waals surface area contributed by atoms with Gasteiger partial charge in [-0.25, -0.2) is 4.98 Å². The maximum atomic E-state index is 11.9. The number of aromatic nitrogens is 2. The van der Waals surface area contributed by atoms with Gasteiger partial charge in [-0.1, -0.05) is 0 Å². The summed E-state index contributed by atoms with van der Waals surface area (Å²) in [6.07, 6.45) is 3.09. The highest BCUT2D eigenvalue weighted by Gasteiger charge is 2.28. The number of imidazole rings is 1. The van der Waals surface area contributed by atoms with Gasteiger partial charge in [0.15, 0.2) is 0 Å². The van der Waals surface area contributed by atoms with E-state index in [1.165, 1.54) is 6.33 Å². The first-order valence-electron chi connectivity index (χ1n) is 4.83.